The molecule has 1 heterocycles. The van der Waals surface area contributed by atoms with Crippen LogP contribution < -0.4 is 0 Å². The number of nitrogens with zero attached hydrogens (tertiary/aromatic N) is 2. The highest BCUT2D eigenvalue weighted by atomic mass is 32.2. The third-order valence-electron chi connectivity index (χ3n) is 7.74. The highest BCUT2D eigenvalue weighted by molar-refractivity contribution is 7.85. The molecule has 1 aliphatic heterocycles. The van der Waals surface area contributed by atoms with Crippen molar-refractivity contribution in [3.8, 4) is 0 Å². The van der Waals surface area contributed by atoms with Crippen LogP contribution in [0, 0.1) is 5.92 Å². The van der Waals surface area contributed by atoms with Crippen molar-refractivity contribution >= 4 is 16.0 Å². The normalized spacial score (nSPS) is 21.0. The molecule has 1 aliphatic rings. The Morgan fingerprint density at radius 1 is 0.824 bits per heavy atom. The van der Waals surface area contributed by atoms with E-state index < -0.39 is 10.1 Å². The second-order valence-corrected chi connectivity index (χ2v) is 12.1. The lowest BCUT2D eigenvalue weighted by atomic mass is 9.93. The van der Waals surface area contributed by atoms with Crippen molar-refractivity contribution in [3.05, 3.63) is 0 Å². The van der Waals surface area contributed by atoms with E-state index in [1.54, 1.807) is 0 Å². The molecular formula is C27H55N2O4S+. The number of hydrogen-bond donors (Lipinski definition) is 1. The highest BCUT2D eigenvalue weighted by Gasteiger charge is 2.38. The lowest BCUT2D eigenvalue weighted by Crippen LogP contribution is -2.58. The van der Waals surface area contributed by atoms with Crippen molar-refractivity contribution in [2.75, 3.05) is 45.0 Å². The van der Waals surface area contributed by atoms with E-state index >= 15 is 0 Å². The number of likely N-dealkylation sites (tertiary alicyclic amines) is 1. The van der Waals surface area contributed by atoms with Gasteiger partial charge in [-0.3, -0.25) is 9.35 Å². The molecule has 202 valence electrons. The number of carbonyl (C=O) groups is 1. The van der Waals surface area contributed by atoms with Crippen LogP contribution in [0.3, 0.4) is 0 Å². The first-order valence-corrected chi connectivity index (χ1v) is 16.0. The fraction of sp³-hybridized carbons (Fsp3) is 0.963. The Labute approximate surface area is 211 Å². The largest absolute Gasteiger partial charge is 0.343 e. The third kappa shape index (κ3) is 13.4. The summed E-state index contributed by atoms with van der Waals surface area (Å²) in [6, 6.07) is 0. The molecule has 0 saturated carbocycles. The highest BCUT2D eigenvalue weighted by Crippen LogP contribution is 2.27. The molecular weight excluding hydrogens is 448 g/mol. The van der Waals surface area contributed by atoms with Gasteiger partial charge in [-0.15, -0.1) is 0 Å². The molecule has 0 bridgehead atoms. The predicted octanol–water partition coefficient (Wildman–Crippen LogP) is 6.06. The third-order valence-corrected chi connectivity index (χ3v) is 8.54. The van der Waals surface area contributed by atoms with Gasteiger partial charge >= 0.3 is 0 Å². The summed E-state index contributed by atoms with van der Waals surface area (Å²) >= 11 is 0. The lowest BCUT2D eigenvalue weighted by molar-refractivity contribution is -0.935. The quantitative estimate of drug-likeness (QED) is 0.124. The summed E-state index contributed by atoms with van der Waals surface area (Å²) in [7, 11) is -3.94. The van der Waals surface area contributed by atoms with Crippen molar-refractivity contribution in [1.29, 1.82) is 0 Å². The molecule has 0 aromatic carbocycles. The van der Waals surface area contributed by atoms with Gasteiger partial charge in [-0.05, 0) is 39.5 Å². The topological polar surface area (TPSA) is 74.7 Å². The molecule has 0 spiro atoms. The van der Waals surface area contributed by atoms with E-state index in [-0.39, 0.29) is 17.6 Å². The Hall–Kier alpha value is -0.660. The number of amides is 1. The molecule has 1 amide bonds. The molecule has 7 heteroatoms. The van der Waals surface area contributed by atoms with E-state index in [0.29, 0.717) is 6.42 Å². The van der Waals surface area contributed by atoms with Crippen LogP contribution in [0.15, 0.2) is 0 Å². The van der Waals surface area contributed by atoms with E-state index in [1.807, 2.05) is 18.7 Å². The zero-order valence-corrected chi connectivity index (χ0v) is 23.4. The average molecular weight is 504 g/mol. The molecule has 0 radical (unpaired) electrons. The molecule has 1 rings (SSSR count). The smallest absolute Gasteiger partial charge is 0.265 e. The Kier molecular flexibility index (Phi) is 16.3. The van der Waals surface area contributed by atoms with Gasteiger partial charge < -0.3 is 9.38 Å². The molecule has 1 N–H and O–H groups in total. The predicted molar refractivity (Wildman–Crippen MR) is 142 cm³/mol. The van der Waals surface area contributed by atoms with Crippen LogP contribution in [0.4, 0.5) is 0 Å². The van der Waals surface area contributed by atoms with Crippen LogP contribution >= 0.6 is 0 Å². The lowest BCUT2D eigenvalue weighted by Gasteiger charge is -2.45. The van der Waals surface area contributed by atoms with Gasteiger partial charge in [0.25, 0.3) is 10.1 Å². The van der Waals surface area contributed by atoms with Crippen LogP contribution in [0.2, 0.25) is 0 Å². The van der Waals surface area contributed by atoms with Gasteiger partial charge in [-0.2, -0.15) is 8.42 Å². The first-order chi connectivity index (χ1) is 16.3. The summed E-state index contributed by atoms with van der Waals surface area (Å²) in [5.74, 6) is 0.119. The van der Waals surface area contributed by atoms with Gasteiger partial charge in [-0.25, -0.2) is 0 Å². The van der Waals surface area contributed by atoms with Gasteiger partial charge in [0.1, 0.15) is 0 Å². The van der Waals surface area contributed by atoms with Crippen LogP contribution in [0.1, 0.15) is 117 Å². The van der Waals surface area contributed by atoms with Crippen LogP contribution in [0.5, 0.6) is 0 Å². The molecule has 0 unspecified atom stereocenters. The van der Waals surface area contributed by atoms with Crippen molar-refractivity contribution in [1.82, 2.24) is 4.90 Å². The van der Waals surface area contributed by atoms with Crippen molar-refractivity contribution in [2.45, 2.75) is 117 Å². The van der Waals surface area contributed by atoms with E-state index in [2.05, 4.69) is 6.92 Å². The molecule has 0 aromatic heterocycles. The molecule has 6 nitrogen and oxygen atoms in total. The van der Waals surface area contributed by atoms with Crippen molar-refractivity contribution < 1.29 is 22.2 Å². The monoisotopic (exact) mass is 503 g/mol. The van der Waals surface area contributed by atoms with E-state index in [0.717, 1.165) is 63.0 Å². The summed E-state index contributed by atoms with van der Waals surface area (Å²) in [6.45, 7) is 11.4. The maximum Gasteiger partial charge on any atom is 0.265 e. The summed E-state index contributed by atoms with van der Waals surface area (Å²) in [5, 5.41) is 0. The van der Waals surface area contributed by atoms with Crippen LogP contribution in [0.25, 0.3) is 0 Å². The number of hydrogen-bond acceptors (Lipinski definition) is 3. The molecule has 1 saturated heterocycles. The molecule has 0 aliphatic carbocycles. The summed E-state index contributed by atoms with van der Waals surface area (Å²) < 4.78 is 32.6. The second-order valence-electron chi connectivity index (χ2n) is 10.6. The molecule has 2 atom stereocenters. The second kappa shape index (κ2) is 17.7. The number of unbranched alkanes of at least 4 members (excludes halogenated alkanes) is 11. The Morgan fingerprint density at radius 2 is 1.32 bits per heavy atom. The fourth-order valence-electron chi connectivity index (χ4n) is 5.71. The Morgan fingerprint density at radius 3 is 1.82 bits per heavy atom. The number of quaternary nitrogens is 1. The number of rotatable bonds is 20. The van der Waals surface area contributed by atoms with Crippen molar-refractivity contribution in [2.24, 2.45) is 5.92 Å². The van der Waals surface area contributed by atoms with Gasteiger partial charge in [0, 0.05) is 19.5 Å². The van der Waals surface area contributed by atoms with Gasteiger partial charge in [0.15, 0.2) is 0 Å². The zero-order chi connectivity index (χ0) is 25.3. The van der Waals surface area contributed by atoms with Gasteiger partial charge in [0.2, 0.25) is 5.91 Å². The van der Waals surface area contributed by atoms with Crippen molar-refractivity contribution in [3.63, 3.8) is 0 Å². The van der Waals surface area contributed by atoms with Crippen LogP contribution in [-0.4, -0.2) is 73.3 Å². The maximum absolute atomic E-state index is 13.0. The maximum atomic E-state index is 13.0. The Balaban J connectivity index is 2.46. The standard InChI is InChI=1S/C27H54N2O4S/c1-4-7-8-9-10-11-12-13-14-15-16-17-21-29(23-19-24-34(31,32)33)22-18-20-26(25-29)27(30)28(5-2)6-3/h26H,4-25H2,1-3H3/p+1/t26-,29+/m1/s1. The number of carbonyl (C=O) groups excluding carboxylic acids is 1. The minimum Gasteiger partial charge on any atom is -0.343 e. The van der Waals surface area contributed by atoms with E-state index in [4.69, 9.17) is 0 Å². The summed E-state index contributed by atoms with van der Waals surface area (Å²) in [4.78, 5) is 15.0. The fourth-order valence-corrected chi connectivity index (χ4v) is 6.20. The first kappa shape index (κ1) is 31.4. The van der Waals surface area contributed by atoms with Crippen LogP contribution in [-0.2, 0) is 14.9 Å². The molecule has 0 aromatic rings. The van der Waals surface area contributed by atoms with E-state index in [9.17, 15) is 17.8 Å². The first-order valence-electron chi connectivity index (χ1n) is 14.4. The SMILES string of the molecule is CCCCCCCCCCCCCC[N@@+]1(CCCS(=O)(=O)O)CCC[C@@H](C(=O)N(CC)CC)C1. The molecule has 34 heavy (non-hydrogen) atoms. The van der Waals surface area contributed by atoms with Gasteiger partial charge in [0.05, 0.1) is 37.8 Å². The summed E-state index contributed by atoms with van der Waals surface area (Å²) in [5.41, 5.74) is 0. The molecule has 1 fully saturated rings. The minimum absolute atomic E-state index is 0.0386. The minimum atomic E-state index is -3.94. The zero-order valence-electron chi connectivity index (χ0n) is 22.6. The Bertz CT molecular complexity index is 637. The van der Waals surface area contributed by atoms with Gasteiger partial charge in [-0.1, -0.05) is 71.1 Å². The van der Waals surface area contributed by atoms with E-state index in [1.165, 1.54) is 70.6 Å². The average Bonchev–Trinajstić information content (AvgIpc) is 2.80. The summed E-state index contributed by atoms with van der Waals surface area (Å²) in [6.07, 6.45) is 18.3. The number of piperidine rings is 1.